The minimum absolute atomic E-state index is 0.114. The number of carboxylic acid groups (broad SMARTS) is 1. The van der Waals surface area contributed by atoms with E-state index >= 15 is 0 Å². The number of ether oxygens (including phenoxy) is 1. The molecule has 4 rings (SSSR count). The highest BCUT2D eigenvalue weighted by Gasteiger charge is 2.33. The van der Waals surface area contributed by atoms with Crippen molar-refractivity contribution in [3.05, 3.63) is 35.0 Å². The van der Waals surface area contributed by atoms with Gasteiger partial charge in [0, 0.05) is 67.0 Å². The van der Waals surface area contributed by atoms with E-state index in [1.54, 1.807) is 18.3 Å². The second-order valence-corrected chi connectivity index (χ2v) is 7.92. The van der Waals surface area contributed by atoms with E-state index in [0.717, 1.165) is 10.9 Å². The molecule has 0 unspecified atom stereocenters. The number of nitrogens with one attached hydrogen (secondary N) is 1. The van der Waals surface area contributed by atoms with Crippen molar-refractivity contribution in [1.82, 2.24) is 19.7 Å². The van der Waals surface area contributed by atoms with Gasteiger partial charge in [0.15, 0.2) is 0 Å². The van der Waals surface area contributed by atoms with E-state index in [4.69, 9.17) is 16.3 Å². The third-order valence-electron chi connectivity index (χ3n) is 5.70. The first kappa shape index (κ1) is 20.2. The zero-order valence-electron chi connectivity index (χ0n) is 16.1. The Kier molecular flexibility index (Phi) is 6.05. The van der Waals surface area contributed by atoms with Gasteiger partial charge < -0.3 is 19.7 Å². The minimum atomic E-state index is -0.885. The second kappa shape index (κ2) is 8.71. The summed E-state index contributed by atoms with van der Waals surface area (Å²) in [5.41, 5.74) is 1.58. The Labute approximate surface area is 174 Å². The summed E-state index contributed by atoms with van der Waals surface area (Å²) in [4.78, 5) is 33.6. The van der Waals surface area contributed by atoms with E-state index in [1.807, 2.05) is 15.9 Å². The predicted molar refractivity (Wildman–Crippen MR) is 109 cm³/mol. The van der Waals surface area contributed by atoms with E-state index in [1.165, 1.54) is 0 Å². The lowest BCUT2D eigenvalue weighted by atomic mass is 10.0. The van der Waals surface area contributed by atoms with E-state index < -0.39 is 12.0 Å². The maximum absolute atomic E-state index is 12.5. The number of H-pyrrole nitrogens is 1. The molecule has 2 fully saturated rings. The topological polar surface area (TPSA) is 89.1 Å². The lowest BCUT2D eigenvalue weighted by Crippen LogP contribution is -2.52. The SMILES string of the molecule is O=C(O)[C@H](c1c[nH]c2ccc(Cl)cc12)N1CCN(CC(=O)N2CCOCC2)CC1. The molecule has 29 heavy (non-hydrogen) atoms. The van der Waals surface area contributed by atoms with Crippen molar-refractivity contribution in [2.75, 3.05) is 59.0 Å². The van der Waals surface area contributed by atoms with Crippen LogP contribution in [0.15, 0.2) is 24.4 Å². The lowest BCUT2D eigenvalue weighted by Gasteiger charge is -2.38. The number of rotatable bonds is 5. The summed E-state index contributed by atoms with van der Waals surface area (Å²) in [7, 11) is 0. The molecule has 1 aromatic carbocycles. The Morgan fingerprint density at radius 1 is 1.14 bits per heavy atom. The van der Waals surface area contributed by atoms with Crippen LogP contribution in [0.2, 0.25) is 5.02 Å². The fourth-order valence-electron chi connectivity index (χ4n) is 4.11. The van der Waals surface area contributed by atoms with Gasteiger partial charge in [-0.1, -0.05) is 11.6 Å². The summed E-state index contributed by atoms with van der Waals surface area (Å²) in [6.07, 6.45) is 1.76. The molecule has 1 atom stereocenters. The molecule has 1 aromatic heterocycles. The number of aromatic amines is 1. The van der Waals surface area contributed by atoms with E-state index in [-0.39, 0.29) is 5.91 Å². The summed E-state index contributed by atoms with van der Waals surface area (Å²) in [5.74, 6) is -0.772. The normalized spacial score (nSPS) is 20.1. The Bertz CT molecular complexity index is 888. The average molecular weight is 421 g/mol. The van der Waals surface area contributed by atoms with Crippen molar-refractivity contribution in [3.8, 4) is 0 Å². The molecule has 2 aromatic rings. The fourth-order valence-corrected chi connectivity index (χ4v) is 4.28. The van der Waals surface area contributed by atoms with Crippen molar-refractivity contribution < 1.29 is 19.4 Å². The number of aromatic nitrogens is 1. The number of carbonyl (C=O) groups excluding carboxylic acids is 1. The van der Waals surface area contributed by atoms with E-state index in [0.29, 0.717) is 69.6 Å². The molecule has 9 heteroatoms. The van der Waals surface area contributed by atoms with Gasteiger partial charge in [-0.2, -0.15) is 0 Å². The molecule has 0 spiro atoms. The molecule has 0 bridgehead atoms. The quantitative estimate of drug-likeness (QED) is 0.760. The zero-order chi connectivity index (χ0) is 20.4. The van der Waals surface area contributed by atoms with Crippen molar-refractivity contribution in [2.45, 2.75) is 6.04 Å². The zero-order valence-corrected chi connectivity index (χ0v) is 16.9. The molecule has 2 saturated heterocycles. The van der Waals surface area contributed by atoms with Gasteiger partial charge in [-0.25, -0.2) is 0 Å². The number of hydrogen-bond acceptors (Lipinski definition) is 5. The summed E-state index contributed by atoms with van der Waals surface area (Å²) < 4.78 is 5.30. The van der Waals surface area contributed by atoms with Gasteiger partial charge in [-0.3, -0.25) is 19.4 Å². The van der Waals surface area contributed by atoms with Crippen LogP contribution in [0.1, 0.15) is 11.6 Å². The Hall–Kier alpha value is -2.13. The molecule has 0 saturated carbocycles. The highest BCUT2D eigenvalue weighted by Crippen LogP contribution is 2.31. The second-order valence-electron chi connectivity index (χ2n) is 7.48. The van der Waals surface area contributed by atoms with Gasteiger partial charge in [0.2, 0.25) is 5.91 Å². The van der Waals surface area contributed by atoms with Crippen LogP contribution in [0, 0.1) is 0 Å². The highest BCUT2D eigenvalue weighted by molar-refractivity contribution is 6.31. The van der Waals surface area contributed by atoms with Gasteiger partial charge in [0.1, 0.15) is 6.04 Å². The minimum Gasteiger partial charge on any atom is -0.480 e. The van der Waals surface area contributed by atoms with Gasteiger partial charge in [0.25, 0.3) is 0 Å². The predicted octanol–water partition coefficient (Wildman–Crippen LogP) is 1.42. The van der Waals surface area contributed by atoms with E-state index in [9.17, 15) is 14.7 Å². The van der Waals surface area contributed by atoms with Crippen LogP contribution in [-0.4, -0.2) is 95.7 Å². The van der Waals surface area contributed by atoms with Crippen LogP contribution < -0.4 is 0 Å². The molecule has 8 nitrogen and oxygen atoms in total. The maximum Gasteiger partial charge on any atom is 0.325 e. The van der Waals surface area contributed by atoms with Crippen LogP contribution in [0.3, 0.4) is 0 Å². The molecular weight excluding hydrogens is 396 g/mol. The molecule has 1 amide bonds. The van der Waals surface area contributed by atoms with Crippen molar-refractivity contribution in [2.24, 2.45) is 0 Å². The Morgan fingerprint density at radius 3 is 2.55 bits per heavy atom. The number of aliphatic carboxylic acids is 1. The highest BCUT2D eigenvalue weighted by atomic mass is 35.5. The first-order chi connectivity index (χ1) is 14.0. The fraction of sp³-hybridized carbons (Fsp3) is 0.500. The summed E-state index contributed by atoms with van der Waals surface area (Å²) in [6, 6.07) is 4.69. The number of fused-ring (bicyclic) bond motifs is 1. The van der Waals surface area contributed by atoms with Crippen LogP contribution in [0.25, 0.3) is 10.9 Å². The molecule has 0 radical (unpaired) electrons. The number of hydrogen-bond donors (Lipinski definition) is 2. The van der Waals surface area contributed by atoms with Crippen LogP contribution in [-0.2, 0) is 14.3 Å². The third kappa shape index (κ3) is 4.40. The molecule has 156 valence electrons. The number of carbonyl (C=O) groups is 2. The number of morpholine rings is 1. The van der Waals surface area contributed by atoms with Crippen LogP contribution in [0.5, 0.6) is 0 Å². The average Bonchev–Trinajstić information content (AvgIpc) is 3.12. The van der Waals surface area contributed by atoms with Gasteiger partial charge >= 0.3 is 5.97 Å². The largest absolute Gasteiger partial charge is 0.480 e. The number of amides is 1. The van der Waals surface area contributed by atoms with Gasteiger partial charge in [-0.05, 0) is 18.2 Å². The van der Waals surface area contributed by atoms with E-state index in [2.05, 4.69) is 9.88 Å². The van der Waals surface area contributed by atoms with Crippen LogP contribution in [0.4, 0.5) is 0 Å². The smallest absolute Gasteiger partial charge is 0.325 e. The first-order valence-corrected chi connectivity index (χ1v) is 10.2. The first-order valence-electron chi connectivity index (χ1n) is 9.84. The number of piperazine rings is 1. The number of halogens is 1. The van der Waals surface area contributed by atoms with Crippen LogP contribution >= 0.6 is 11.6 Å². The number of benzene rings is 1. The maximum atomic E-state index is 12.5. The molecule has 2 aliphatic rings. The molecule has 2 aliphatic heterocycles. The summed E-state index contributed by atoms with van der Waals surface area (Å²) >= 11 is 6.12. The standard InChI is InChI=1S/C20H25ClN4O4/c21-14-1-2-17-15(11-14)16(12-22-17)19(20(27)28)25-5-3-23(4-6-25)13-18(26)24-7-9-29-10-8-24/h1-2,11-12,19,22H,3-10,13H2,(H,27,28)/t19-/m0/s1. The lowest BCUT2D eigenvalue weighted by molar-refractivity contribution is -0.145. The number of nitrogens with zero attached hydrogens (tertiary/aromatic N) is 3. The molecule has 3 heterocycles. The summed E-state index contributed by atoms with van der Waals surface area (Å²) in [6.45, 7) is 5.32. The molecule has 2 N–H and O–H groups in total. The summed E-state index contributed by atoms with van der Waals surface area (Å²) in [5, 5.41) is 11.3. The molecule has 0 aliphatic carbocycles. The van der Waals surface area contributed by atoms with Gasteiger partial charge in [0.05, 0.1) is 19.8 Å². The van der Waals surface area contributed by atoms with Gasteiger partial charge in [-0.15, -0.1) is 0 Å². The Balaban J connectivity index is 1.42. The van der Waals surface area contributed by atoms with Crippen molar-refractivity contribution >= 4 is 34.4 Å². The van der Waals surface area contributed by atoms with Crippen molar-refractivity contribution in [1.29, 1.82) is 0 Å². The molecular formula is C20H25ClN4O4. The van der Waals surface area contributed by atoms with Crippen molar-refractivity contribution in [3.63, 3.8) is 0 Å². The third-order valence-corrected chi connectivity index (χ3v) is 5.93. The Morgan fingerprint density at radius 2 is 1.86 bits per heavy atom. The monoisotopic (exact) mass is 420 g/mol. The number of carboxylic acids is 1.